The molecule has 0 bridgehead atoms. The zero-order valence-electron chi connectivity index (χ0n) is 19.5. The zero-order chi connectivity index (χ0) is 23.9. The van der Waals surface area contributed by atoms with Crippen molar-refractivity contribution >= 4 is 35.2 Å². The van der Waals surface area contributed by atoms with Gasteiger partial charge in [-0.25, -0.2) is 9.59 Å². The van der Waals surface area contributed by atoms with E-state index in [0.717, 1.165) is 18.4 Å². The van der Waals surface area contributed by atoms with Crippen LogP contribution in [0.1, 0.15) is 46.6 Å². The predicted octanol–water partition coefficient (Wildman–Crippen LogP) is 4.17. The maximum absolute atomic E-state index is 12.9. The van der Waals surface area contributed by atoms with Crippen LogP contribution in [0.25, 0.3) is 11.1 Å². The molecule has 176 valence electrons. The molecule has 0 radical (unpaired) electrons. The first-order valence-electron chi connectivity index (χ1n) is 11.0. The van der Waals surface area contributed by atoms with Crippen molar-refractivity contribution in [2.75, 3.05) is 28.8 Å². The van der Waals surface area contributed by atoms with E-state index in [-0.39, 0.29) is 24.6 Å². The fourth-order valence-electron chi connectivity index (χ4n) is 4.10. The third-order valence-corrected chi connectivity index (χ3v) is 5.70. The van der Waals surface area contributed by atoms with Gasteiger partial charge in [-0.15, -0.1) is 0 Å². The number of amides is 3. The van der Waals surface area contributed by atoms with Gasteiger partial charge in [-0.1, -0.05) is 0 Å². The van der Waals surface area contributed by atoms with Crippen LogP contribution in [0.15, 0.2) is 24.5 Å². The lowest BCUT2D eigenvalue weighted by atomic mass is 10.0. The number of hydrogen-bond acceptors (Lipinski definition) is 6. The van der Waals surface area contributed by atoms with E-state index in [9.17, 15) is 14.4 Å². The van der Waals surface area contributed by atoms with Crippen molar-refractivity contribution in [3.63, 3.8) is 0 Å². The Labute approximate surface area is 192 Å². The summed E-state index contributed by atoms with van der Waals surface area (Å²) in [4.78, 5) is 40.7. The van der Waals surface area contributed by atoms with Gasteiger partial charge in [0.15, 0.2) is 0 Å². The van der Waals surface area contributed by atoms with Crippen LogP contribution in [0.3, 0.4) is 0 Å². The number of methoxy groups -OCH3 is 1. The Morgan fingerprint density at radius 3 is 2.52 bits per heavy atom. The molecule has 1 aliphatic heterocycles. The standard InChI is InChI=1S/C23H29N5O5/c1-13(2)33-23(31)26-11-14(3)28(15(4)29)21-9-19(25-22(30)32-5)18(8-20(21)26)16-10-24-27(12-16)17-6-7-17/h8-10,12-14,17H,6-7,11H2,1-5H3,(H,25,30). The van der Waals surface area contributed by atoms with Gasteiger partial charge >= 0.3 is 12.2 Å². The SMILES string of the molecule is COC(=O)Nc1cc2c(cc1-c1cnn(C3CC3)c1)N(C(=O)OC(C)C)CC(C)N2C(C)=O. The lowest BCUT2D eigenvalue weighted by Crippen LogP contribution is -2.51. The monoisotopic (exact) mass is 455 g/mol. The molecule has 1 unspecified atom stereocenters. The first-order chi connectivity index (χ1) is 15.7. The Kier molecular flexibility index (Phi) is 6.01. The number of rotatable bonds is 4. The Bertz CT molecular complexity index is 1090. The molecule has 2 aromatic rings. The first-order valence-corrected chi connectivity index (χ1v) is 11.0. The van der Waals surface area contributed by atoms with Gasteiger partial charge in [0.1, 0.15) is 0 Å². The van der Waals surface area contributed by atoms with E-state index >= 15 is 0 Å². The highest BCUT2D eigenvalue weighted by Gasteiger charge is 2.36. The zero-order valence-corrected chi connectivity index (χ0v) is 19.5. The predicted molar refractivity (Wildman–Crippen MR) is 124 cm³/mol. The van der Waals surface area contributed by atoms with Crippen LogP contribution in [0.4, 0.5) is 26.7 Å². The summed E-state index contributed by atoms with van der Waals surface area (Å²) in [5, 5.41) is 7.20. The van der Waals surface area contributed by atoms with E-state index in [1.807, 2.05) is 17.8 Å². The van der Waals surface area contributed by atoms with Crippen molar-refractivity contribution in [2.45, 2.75) is 58.7 Å². The highest BCUT2D eigenvalue weighted by molar-refractivity contribution is 6.06. The molecule has 1 aromatic heterocycles. The fourth-order valence-corrected chi connectivity index (χ4v) is 4.10. The lowest BCUT2D eigenvalue weighted by molar-refractivity contribution is -0.117. The van der Waals surface area contributed by atoms with E-state index in [1.165, 1.54) is 18.9 Å². The van der Waals surface area contributed by atoms with Gasteiger partial charge in [0.2, 0.25) is 5.91 Å². The molecule has 3 amide bonds. The number of ether oxygens (including phenoxy) is 2. The summed E-state index contributed by atoms with van der Waals surface area (Å²) in [6, 6.07) is 3.59. The van der Waals surface area contributed by atoms with Crippen molar-refractivity contribution in [3.05, 3.63) is 24.5 Å². The van der Waals surface area contributed by atoms with Crippen molar-refractivity contribution in [2.24, 2.45) is 0 Å². The number of fused-ring (bicyclic) bond motifs is 1. The summed E-state index contributed by atoms with van der Waals surface area (Å²) in [5.41, 5.74) is 2.92. The van der Waals surface area contributed by atoms with Crippen molar-refractivity contribution in [3.8, 4) is 11.1 Å². The minimum absolute atomic E-state index is 0.168. The van der Waals surface area contributed by atoms with Gasteiger partial charge in [0.05, 0.1) is 48.6 Å². The average molecular weight is 456 g/mol. The van der Waals surface area contributed by atoms with E-state index in [1.54, 1.807) is 37.1 Å². The van der Waals surface area contributed by atoms with Crippen LogP contribution in [-0.4, -0.2) is 53.7 Å². The highest BCUT2D eigenvalue weighted by atomic mass is 16.6. The molecule has 10 nitrogen and oxygen atoms in total. The molecule has 0 saturated heterocycles. The third-order valence-electron chi connectivity index (χ3n) is 5.70. The summed E-state index contributed by atoms with van der Waals surface area (Å²) in [6.45, 7) is 7.19. The quantitative estimate of drug-likeness (QED) is 0.742. The molecule has 2 aliphatic rings. The first kappa shape index (κ1) is 22.6. The molecule has 33 heavy (non-hydrogen) atoms. The van der Waals surface area contributed by atoms with E-state index in [2.05, 4.69) is 10.4 Å². The molecule has 4 rings (SSSR count). The minimum atomic E-state index is -0.639. The van der Waals surface area contributed by atoms with Crippen molar-refractivity contribution in [1.82, 2.24) is 9.78 Å². The molecule has 1 fully saturated rings. The maximum Gasteiger partial charge on any atom is 0.414 e. The van der Waals surface area contributed by atoms with E-state index < -0.39 is 12.2 Å². The van der Waals surface area contributed by atoms with Crippen LogP contribution in [0.5, 0.6) is 0 Å². The summed E-state index contributed by atoms with van der Waals surface area (Å²) in [5.74, 6) is -0.168. The fraction of sp³-hybridized carbons (Fsp3) is 0.478. The van der Waals surface area contributed by atoms with Crippen LogP contribution in [0, 0.1) is 0 Å². The van der Waals surface area contributed by atoms with Crippen molar-refractivity contribution < 1.29 is 23.9 Å². The van der Waals surface area contributed by atoms with E-state index in [4.69, 9.17) is 9.47 Å². The van der Waals surface area contributed by atoms with Crippen LogP contribution < -0.4 is 15.1 Å². The number of aromatic nitrogens is 2. The normalized spacial score (nSPS) is 17.6. The molecule has 1 aromatic carbocycles. The van der Waals surface area contributed by atoms with Gasteiger partial charge in [-0.2, -0.15) is 5.10 Å². The smallest absolute Gasteiger partial charge is 0.414 e. The molecule has 2 heterocycles. The van der Waals surface area contributed by atoms with Crippen LogP contribution >= 0.6 is 0 Å². The second-order valence-electron chi connectivity index (χ2n) is 8.72. The van der Waals surface area contributed by atoms with E-state index in [0.29, 0.717) is 28.7 Å². The molecule has 10 heteroatoms. The molecule has 1 N–H and O–H groups in total. The number of anilines is 3. The molecular weight excluding hydrogens is 426 g/mol. The topological polar surface area (TPSA) is 106 Å². The largest absolute Gasteiger partial charge is 0.453 e. The molecular formula is C23H29N5O5. The third kappa shape index (κ3) is 4.50. The number of carbonyl (C=O) groups excluding carboxylic acids is 3. The Morgan fingerprint density at radius 2 is 1.91 bits per heavy atom. The van der Waals surface area contributed by atoms with Gasteiger partial charge in [0, 0.05) is 30.8 Å². The number of benzene rings is 1. The Hall–Kier alpha value is -3.56. The number of hydrogen-bond donors (Lipinski definition) is 1. The molecule has 1 saturated carbocycles. The highest BCUT2D eigenvalue weighted by Crippen LogP contribution is 2.44. The Balaban J connectivity index is 1.88. The Morgan fingerprint density at radius 1 is 1.18 bits per heavy atom. The number of carbonyl (C=O) groups is 3. The van der Waals surface area contributed by atoms with Gasteiger partial charge in [-0.05, 0) is 45.7 Å². The second kappa shape index (κ2) is 8.76. The van der Waals surface area contributed by atoms with Crippen LogP contribution in [0.2, 0.25) is 0 Å². The minimum Gasteiger partial charge on any atom is -0.453 e. The summed E-state index contributed by atoms with van der Waals surface area (Å²) >= 11 is 0. The lowest BCUT2D eigenvalue weighted by Gasteiger charge is -2.41. The van der Waals surface area contributed by atoms with Gasteiger partial charge < -0.3 is 14.4 Å². The summed E-state index contributed by atoms with van der Waals surface area (Å²) in [6.07, 6.45) is 4.39. The molecule has 0 spiro atoms. The van der Waals surface area contributed by atoms with Crippen LogP contribution in [-0.2, 0) is 14.3 Å². The van der Waals surface area contributed by atoms with Gasteiger partial charge in [0.25, 0.3) is 0 Å². The summed E-state index contributed by atoms with van der Waals surface area (Å²) in [7, 11) is 1.28. The number of nitrogens with one attached hydrogen (secondary N) is 1. The van der Waals surface area contributed by atoms with Gasteiger partial charge in [-0.3, -0.25) is 19.7 Å². The second-order valence-corrected chi connectivity index (χ2v) is 8.72. The molecule has 1 aliphatic carbocycles. The maximum atomic E-state index is 12.9. The average Bonchev–Trinajstić information content (AvgIpc) is 3.48. The molecule has 1 atom stereocenters. The number of nitrogens with zero attached hydrogens (tertiary/aromatic N) is 4. The van der Waals surface area contributed by atoms with Crippen molar-refractivity contribution in [1.29, 1.82) is 0 Å². The summed E-state index contributed by atoms with van der Waals surface area (Å²) < 4.78 is 12.2.